The van der Waals surface area contributed by atoms with Crippen molar-refractivity contribution in [2.45, 2.75) is 39.8 Å². The van der Waals surface area contributed by atoms with Gasteiger partial charge in [0.25, 0.3) is 5.89 Å². The Hall–Kier alpha value is -4.19. The summed E-state index contributed by atoms with van der Waals surface area (Å²) in [7, 11) is 0. The summed E-state index contributed by atoms with van der Waals surface area (Å²) in [6.07, 6.45) is 2.05. The van der Waals surface area contributed by atoms with Crippen molar-refractivity contribution in [2.75, 3.05) is 6.61 Å². The molecular formula is C24H23N5O4. The summed E-state index contributed by atoms with van der Waals surface area (Å²) in [6, 6.07) is 13.0. The lowest BCUT2D eigenvalue weighted by Gasteiger charge is -2.11. The van der Waals surface area contributed by atoms with Crippen molar-refractivity contribution in [1.29, 1.82) is 5.26 Å². The second kappa shape index (κ2) is 9.53. The van der Waals surface area contributed by atoms with Crippen LogP contribution in [0.2, 0.25) is 0 Å². The topological polar surface area (TPSA) is 116 Å². The van der Waals surface area contributed by atoms with Gasteiger partial charge in [-0.25, -0.2) is 0 Å². The molecule has 0 aliphatic rings. The van der Waals surface area contributed by atoms with Gasteiger partial charge in [-0.15, -0.1) is 0 Å². The van der Waals surface area contributed by atoms with Crippen LogP contribution in [0, 0.1) is 11.3 Å². The van der Waals surface area contributed by atoms with Crippen LogP contribution in [0.1, 0.15) is 32.8 Å². The summed E-state index contributed by atoms with van der Waals surface area (Å²) >= 11 is 0. The van der Waals surface area contributed by atoms with Crippen molar-refractivity contribution in [3.8, 4) is 34.7 Å². The lowest BCUT2D eigenvalue weighted by Crippen LogP contribution is -2.09. The maximum absolute atomic E-state index is 11.7. The van der Waals surface area contributed by atoms with Gasteiger partial charge < -0.3 is 14.0 Å². The Morgan fingerprint density at radius 2 is 2.12 bits per heavy atom. The number of carbonyl (C=O) groups excluding carboxylic acids is 1. The maximum atomic E-state index is 11.7. The van der Waals surface area contributed by atoms with E-state index in [0.29, 0.717) is 41.7 Å². The standard InChI is InChI=1S/C24H23N5O4/c1-4-31-22(30)10-11-29-14-19-18(6-5-7-20(19)27-29)23-26-24(33-28-23)16-8-9-21(32-15(2)3)17(12-16)13-25/h5-9,12,14-15H,4,10-11H2,1-3H3. The number of esters is 1. The molecule has 0 N–H and O–H groups in total. The van der Waals surface area contributed by atoms with Crippen molar-refractivity contribution in [2.24, 2.45) is 0 Å². The van der Waals surface area contributed by atoms with Gasteiger partial charge in [-0.3, -0.25) is 9.48 Å². The fraction of sp³-hybridized carbons (Fsp3) is 0.292. The van der Waals surface area contributed by atoms with E-state index in [1.165, 1.54) is 0 Å². The van der Waals surface area contributed by atoms with Gasteiger partial charge in [0.2, 0.25) is 5.82 Å². The SMILES string of the molecule is CCOC(=O)CCn1cc2c(-c3noc(-c4ccc(OC(C)C)c(C#N)c4)n3)cccc2n1. The van der Waals surface area contributed by atoms with E-state index in [9.17, 15) is 10.1 Å². The second-order valence-corrected chi connectivity index (χ2v) is 7.60. The van der Waals surface area contributed by atoms with E-state index < -0.39 is 0 Å². The van der Waals surface area contributed by atoms with Crippen LogP contribution in [0.3, 0.4) is 0 Å². The molecule has 4 rings (SSSR count). The Labute approximate surface area is 190 Å². The minimum absolute atomic E-state index is 0.0448. The molecule has 0 radical (unpaired) electrons. The zero-order valence-electron chi connectivity index (χ0n) is 18.6. The van der Waals surface area contributed by atoms with Crippen molar-refractivity contribution in [3.05, 3.63) is 48.2 Å². The third-order valence-electron chi connectivity index (χ3n) is 4.82. The fourth-order valence-corrected chi connectivity index (χ4v) is 3.40. The normalized spacial score (nSPS) is 11.0. The quantitative estimate of drug-likeness (QED) is 0.367. The molecule has 9 heteroatoms. The highest BCUT2D eigenvalue weighted by molar-refractivity contribution is 5.92. The van der Waals surface area contributed by atoms with Gasteiger partial charge in [0.05, 0.1) is 36.8 Å². The van der Waals surface area contributed by atoms with Crippen molar-refractivity contribution >= 4 is 16.9 Å². The first kappa shape index (κ1) is 22.0. The van der Waals surface area contributed by atoms with Crippen LogP contribution >= 0.6 is 0 Å². The molecule has 0 unspecified atom stereocenters. The van der Waals surface area contributed by atoms with Gasteiger partial charge in [0.1, 0.15) is 11.8 Å². The summed E-state index contributed by atoms with van der Waals surface area (Å²) in [4.78, 5) is 16.2. The Balaban J connectivity index is 1.61. The van der Waals surface area contributed by atoms with Crippen molar-refractivity contribution in [1.82, 2.24) is 19.9 Å². The molecular weight excluding hydrogens is 422 g/mol. The van der Waals surface area contributed by atoms with Crippen LogP contribution < -0.4 is 4.74 Å². The first-order chi connectivity index (χ1) is 16.0. The molecule has 0 aliphatic carbocycles. The third-order valence-corrected chi connectivity index (χ3v) is 4.82. The highest BCUT2D eigenvalue weighted by atomic mass is 16.5. The molecule has 0 bridgehead atoms. The molecule has 2 heterocycles. The first-order valence-electron chi connectivity index (χ1n) is 10.7. The third kappa shape index (κ3) is 4.85. The molecule has 2 aromatic carbocycles. The first-order valence-corrected chi connectivity index (χ1v) is 10.7. The highest BCUT2D eigenvalue weighted by Gasteiger charge is 2.17. The van der Waals surface area contributed by atoms with E-state index in [1.807, 2.05) is 38.2 Å². The molecule has 0 spiro atoms. The van der Waals surface area contributed by atoms with E-state index >= 15 is 0 Å². The van der Waals surface area contributed by atoms with Crippen LogP contribution in [-0.2, 0) is 16.1 Å². The molecule has 0 atom stereocenters. The van der Waals surface area contributed by atoms with Gasteiger partial charge in [0.15, 0.2) is 0 Å². The average Bonchev–Trinajstić information content (AvgIpc) is 3.45. The lowest BCUT2D eigenvalue weighted by molar-refractivity contribution is -0.143. The van der Waals surface area contributed by atoms with Gasteiger partial charge in [-0.2, -0.15) is 15.3 Å². The van der Waals surface area contributed by atoms with E-state index in [0.717, 1.165) is 16.5 Å². The predicted molar refractivity (Wildman–Crippen MR) is 120 cm³/mol. The number of nitriles is 1. The Bertz CT molecular complexity index is 1330. The van der Waals surface area contributed by atoms with Gasteiger partial charge >= 0.3 is 5.97 Å². The lowest BCUT2D eigenvalue weighted by atomic mass is 10.1. The Kier molecular flexibility index (Phi) is 6.36. The molecule has 0 saturated carbocycles. The van der Waals surface area contributed by atoms with E-state index in [-0.39, 0.29) is 18.5 Å². The van der Waals surface area contributed by atoms with E-state index in [1.54, 1.807) is 29.8 Å². The Morgan fingerprint density at radius 3 is 2.88 bits per heavy atom. The summed E-state index contributed by atoms with van der Waals surface area (Å²) in [5.74, 6) is 0.948. The number of hydrogen-bond acceptors (Lipinski definition) is 8. The highest BCUT2D eigenvalue weighted by Crippen LogP contribution is 2.30. The number of ether oxygens (including phenoxy) is 2. The van der Waals surface area contributed by atoms with Crippen molar-refractivity contribution < 1.29 is 18.8 Å². The van der Waals surface area contributed by atoms with Crippen LogP contribution in [0.15, 0.2) is 47.1 Å². The summed E-state index contributed by atoms with van der Waals surface area (Å²) in [5, 5.41) is 19.0. The average molecular weight is 445 g/mol. The number of hydrogen-bond donors (Lipinski definition) is 0. The summed E-state index contributed by atoms with van der Waals surface area (Å²) in [6.45, 7) is 6.35. The minimum atomic E-state index is -0.262. The molecule has 0 amide bonds. The molecule has 168 valence electrons. The Morgan fingerprint density at radius 1 is 1.27 bits per heavy atom. The van der Waals surface area contributed by atoms with Gasteiger partial charge in [-0.05, 0) is 45.0 Å². The number of aryl methyl sites for hydroxylation is 1. The van der Waals surface area contributed by atoms with Crippen LogP contribution in [-0.4, -0.2) is 38.6 Å². The predicted octanol–water partition coefficient (Wildman–Crippen LogP) is 4.37. The smallest absolute Gasteiger partial charge is 0.307 e. The number of nitrogens with zero attached hydrogens (tertiary/aromatic N) is 5. The van der Waals surface area contributed by atoms with Crippen LogP contribution in [0.4, 0.5) is 0 Å². The summed E-state index contributed by atoms with van der Waals surface area (Å²) in [5.41, 5.74) is 2.53. The van der Waals surface area contributed by atoms with Crippen LogP contribution in [0.25, 0.3) is 33.7 Å². The number of fused-ring (bicyclic) bond motifs is 1. The second-order valence-electron chi connectivity index (χ2n) is 7.60. The molecule has 0 fully saturated rings. The van der Waals surface area contributed by atoms with Gasteiger partial charge in [0, 0.05) is 22.7 Å². The van der Waals surface area contributed by atoms with E-state index in [4.69, 9.17) is 14.0 Å². The molecule has 33 heavy (non-hydrogen) atoms. The molecule has 0 saturated heterocycles. The zero-order chi connectivity index (χ0) is 23.4. The largest absolute Gasteiger partial charge is 0.490 e. The van der Waals surface area contributed by atoms with Crippen LogP contribution in [0.5, 0.6) is 5.75 Å². The molecule has 0 aliphatic heterocycles. The number of carbonyl (C=O) groups is 1. The molecule has 9 nitrogen and oxygen atoms in total. The number of aromatic nitrogens is 4. The fourth-order valence-electron chi connectivity index (χ4n) is 3.40. The zero-order valence-corrected chi connectivity index (χ0v) is 18.6. The monoisotopic (exact) mass is 445 g/mol. The minimum Gasteiger partial charge on any atom is -0.490 e. The number of benzene rings is 2. The molecule has 2 aromatic heterocycles. The van der Waals surface area contributed by atoms with Crippen molar-refractivity contribution in [3.63, 3.8) is 0 Å². The van der Waals surface area contributed by atoms with E-state index in [2.05, 4.69) is 21.3 Å². The number of rotatable bonds is 8. The summed E-state index contributed by atoms with van der Waals surface area (Å²) < 4.78 is 17.8. The van der Waals surface area contributed by atoms with Gasteiger partial charge in [-0.1, -0.05) is 17.3 Å². The molecule has 4 aromatic rings. The maximum Gasteiger partial charge on any atom is 0.307 e.